The lowest BCUT2D eigenvalue weighted by Crippen LogP contribution is -2.07. The summed E-state index contributed by atoms with van der Waals surface area (Å²) >= 11 is 3.12. The molecule has 0 spiro atoms. The second-order valence-electron chi connectivity index (χ2n) is 2.53. The molecule has 7 heteroatoms. The number of hydrogen-bond donors (Lipinski definition) is 2. The molecule has 1 amide bonds. The van der Waals surface area contributed by atoms with Crippen molar-refractivity contribution in [2.45, 2.75) is 0 Å². The van der Waals surface area contributed by atoms with Crippen LogP contribution in [-0.2, 0) is 0 Å². The van der Waals surface area contributed by atoms with Gasteiger partial charge in [0.1, 0.15) is 0 Å². The van der Waals surface area contributed by atoms with E-state index < -0.39 is 6.09 Å². The number of pyridine rings is 1. The molecule has 2 heterocycles. The van der Waals surface area contributed by atoms with Gasteiger partial charge in [0.25, 0.3) is 0 Å². The van der Waals surface area contributed by atoms with Crippen LogP contribution in [0.25, 0.3) is 5.65 Å². The Hall–Kier alpha value is -1.63. The lowest BCUT2D eigenvalue weighted by atomic mass is 10.4. The number of aromatic nitrogens is 3. The van der Waals surface area contributed by atoms with Crippen molar-refractivity contribution in [3.63, 3.8) is 0 Å². The van der Waals surface area contributed by atoms with E-state index >= 15 is 0 Å². The van der Waals surface area contributed by atoms with Gasteiger partial charge in [-0.15, -0.1) is 5.10 Å². The first-order valence-electron chi connectivity index (χ1n) is 3.67. The predicted octanol–water partition coefficient (Wildman–Crippen LogP) is 1.58. The molecule has 0 aromatic carbocycles. The van der Waals surface area contributed by atoms with E-state index in [0.29, 0.717) is 16.1 Å². The average molecular weight is 257 g/mol. The summed E-state index contributed by atoms with van der Waals surface area (Å²) in [5, 5.41) is 14.7. The van der Waals surface area contributed by atoms with Crippen molar-refractivity contribution >= 4 is 33.4 Å². The zero-order valence-electron chi connectivity index (χ0n) is 6.81. The Morgan fingerprint density at radius 3 is 3.14 bits per heavy atom. The van der Waals surface area contributed by atoms with Gasteiger partial charge >= 0.3 is 6.09 Å². The highest BCUT2D eigenvalue weighted by Gasteiger charge is 2.02. The standard InChI is InChI=1S/C7H5BrN4O2/c8-6-10-5-3-4(9-7(13)14)1-2-12(5)11-6/h1-3,9H,(H,13,14). The molecule has 0 unspecified atom stereocenters. The number of nitrogens with one attached hydrogen (secondary N) is 1. The van der Waals surface area contributed by atoms with Gasteiger partial charge in [-0.1, -0.05) is 0 Å². The summed E-state index contributed by atoms with van der Waals surface area (Å²) < 4.78 is 2.00. The molecule has 2 N–H and O–H groups in total. The van der Waals surface area contributed by atoms with Gasteiger partial charge in [-0.05, 0) is 22.0 Å². The highest BCUT2D eigenvalue weighted by atomic mass is 79.9. The molecule has 14 heavy (non-hydrogen) atoms. The van der Waals surface area contributed by atoms with Crippen LogP contribution in [0, 0.1) is 0 Å². The number of fused-ring (bicyclic) bond motifs is 1. The summed E-state index contributed by atoms with van der Waals surface area (Å²) in [5.41, 5.74) is 1.04. The minimum atomic E-state index is -1.10. The average Bonchev–Trinajstić information content (AvgIpc) is 2.42. The zero-order chi connectivity index (χ0) is 10.1. The van der Waals surface area contributed by atoms with Gasteiger partial charge in [-0.25, -0.2) is 14.3 Å². The quantitative estimate of drug-likeness (QED) is 0.812. The second kappa shape index (κ2) is 3.26. The smallest absolute Gasteiger partial charge is 0.409 e. The normalized spacial score (nSPS) is 10.4. The third-order valence-corrected chi connectivity index (χ3v) is 1.90. The number of hydrogen-bond acceptors (Lipinski definition) is 3. The molecule has 0 saturated heterocycles. The van der Waals surface area contributed by atoms with E-state index in [1.807, 2.05) is 0 Å². The van der Waals surface area contributed by atoms with Gasteiger partial charge in [-0.3, -0.25) is 5.32 Å². The van der Waals surface area contributed by atoms with Crippen molar-refractivity contribution in [2.24, 2.45) is 0 Å². The SMILES string of the molecule is O=C(O)Nc1ccn2nc(Br)nc2c1. The molecule has 0 bridgehead atoms. The first-order chi connectivity index (χ1) is 6.65. The molecular formula is C7H5BrN4O2. The highest BCUT2D eigenvalue weighted by Crippen LogP contribution is 2.12. The molecule has 72 valence electrons. The number of carboxylic acid groups (broad SMARTS) is 1. The third-order valence-electron chi connectivity index (χ3n) is 1.56. The van der Waals surface area contributed by atoms with E-state index in [4.69, 9.17) is 5.11 Å². The number of halogens is 1. The van der Waals surface area contributed by atoms with Crippen molar-refractivity contribution in [3.05, 3.63) is 23.1 Å². The van der Waals surface area contributed by atoms with Crippen LogP contribution < -0.4 is 5.32 Å². The van der Waals surface area contributed by atoms with Crippen LogP contribution in [0.15, 0.2) is 23.1 Å². The first kappa shape index (κ1) is 8.95. The highest BCUT2D eigenvalue weighted by molar-refractivity contribution is 9.10. The van der Waals surface area contributed by atoms with E-state index in [1.54, 1.807) is 18.3 Å². The summed E-state index contributed by atoms with van der Waals surface area (Å²) in [4.78, 5) is 14.4. The lowest BCUT2D eigenvalue weighted by molar-refractivity contribution is 0.210. The van der Waals surface area contributed by atoms with Crippen molar-refractivity contribution < 1.29 is 9.90 Å². The maximum Gasteiger partial charge on any atom is 0.409 e. The number of rotatable bonds is 1. The Labute approximate surface area is 86.7 Å². The number of amides is 1. The van der Waals surface area contributed by atoms with Crippen molar-refractivity contribution in [2.75, 3.05) is 5.32 Å². The van der Waals surface area contributed by atoms with Crippen LogP contribution in [0.2, 0.25) is 0 Å². The molecule has 0 atom stereocenters. The van der Waals surface area contributed by atoms with E-state index in [0.717, 1.165) is 0 Å². The Balaban J connectivity index is 2.45. The molecule has 2 aromatic heterocycles. The Bertz CT molecular complexity index is 495. The van der Waals surface area contributed by atoms with E-state index in [1.165, 1.54) is 4.52 Å². The number of nitrogens with zero attached hydrogens (tertiary/aromatic N) is 3. The van der Waals surface area contributed by atoms with Crippen molar-refractivity contribution in [1.82, 2.24) is 14.6 Å². The van der Waals surface area contributed by atoms with Crippen LogP contribution in [0.1, 0.15) is 0 Å². The van der Waals surface area contributed by atoms with Crippen LogP contribution in [0.4, 0.5) is 10.5 Å². The molecular weight excluding hydrogens is 252 g/mol. The lowest BCUT2D eigenvalue weighted by Gasteiger charge is -1.99. The molecule has 0 aliphatic carbocycles. The fourth-order valence-corrected chi connectivity index (χ4v) is 1.41. The topological polar surface area (TPSA) is 79.5 Å². The maximum absolute atomic E-state index is 10.3. The summed E-state index contributed by atoms with van der Waals surface area (Å²) in [6, 6.07) is 3.19. The molecule has 6 nitrogen and oxygen atoms in total. The second-order valence-corrected chi connectivity index (χ2v) is 3.24. The maximum atomic E-state index is 10.3. The fraction of sp³-hybridized carbons (Fsp3) is 0. The monoisotopic (exact) mass is 256 g/mol. The van der Waals surface area contributed by atoms with Crippen molar-refractivity contribution in [1.29, 1.82) is 0 Å². The van der Waals surface area contributed by atoms with Gasteiger partial charge < -0.3 is 5.11 Å². The number of carbonyl (C=O) groups is 1. The van der Waals surface area contributed by atoms with Gasteiger partial charge in [0.05, 0.1) is 0 Å². The summed E-state index contributed by atoms with van der Waals surface area (Å²) in [5.74, 6) is 0. The van der Waals surface area contributed by atoms with E-state index in [2.05, 4.69) is 31.3 Å². The molecule has 0 radical (unpaired) electrons. The fourth-order valence-electron chi connectivity index (χ4n) is 1.06. The van der Waals surface area contributed by atoms with E-state index in [9.17, 15) is 4.79 Å². The van der Waals surface area contributed by atoms with Crippen LogP contribution in [0.3, 0.4) is 0 Å². The largest absolute Gasteiger partial charge is 0.465 e. The molecule has 0 saturated carbocycles. The molecule has 2 rings (SSSR count). The molecule has 0 aliphatic heterocycles. The Morgan fingerprint density at radius 1 is 1.64 bits per heavy atom. The molecule has 0 fully saturated rings. The van der Waals surface area contributed by atoms with Crippen molar-refractivity contribution in [3.8, 4) is 0 Å². The van der Waals surface area contributed by atoms with E-state index in [-0.39, 0.29) is 0 Å². The van der Waals surface area contributed by atoms with Crippen LogP contribution >= 0.6 is 15.9 Å². The van der Waals surface area contributed by atoms with Gasteiger partial charge in [0.15, 0.2) is 5.65 Å². The zero-order valence-corrected chi connectivity index (χ0v) is 8.39. The predicted molar refractivity (Wildman–Crippen MR) is 52.3 cm³/mol. The van der Waals surface area contributed by atoms with Gasteiger partial charge in [0, 0.05) is 18.0 Å². The third kappa shape index (κ3) is 1.67. The minimum absolute atomic E-state index is 0.463. The van der Waals surface area contributed by atoms with Crippen LogP contribution in [-0.4, -0.2) is 25.8 Å². The summed E-state index contributed by atoms with van der Waals surface area (Å²) in [6.45, 7) is 0. The minimum Gasteiger partial charge on any atom is -0.465 e. The molecule has 2 aromatic rings. The van der Waals surface area contributed by atoms with Gasteiger partial charge in [-0.2, -0.15) is 0 Å². The molecule has 0 aliphatic rings. The van der Waals surface area contributed by atoms with Crippen LogP contribution in [0.5, 0.6) is 0 Å². The number of anilines is 1. The first-order valence-corrected chi connectivity index (χ1v) is 4.46. The summed E-state index contributed by atoms with van der Waals surface area (Å²) in [7, 11) is 0. The van der Waals surface area contributed by atoms with Gasteiger partial charge in [0.2, 0.25) is 4.73 Å². The summed E-state index contributed by atoms with van der Waals surface area (Å²) in [6.07, 6.45) is 0.520. The Morgan fingerprint density at radius 2 is 2.43 bits per heavy atom. The Kier molecular flexibility index (Phi) is 2.08.